The highest BCUT2D eigenvalue weighted by molar-refractivity contribution is 5.94. The van der Waals surface area contributed by atoms with E-state index in [0.717, 1.165) is 5.06 Å². The van der Waals surface area contributed by atoms with E-state index < -0.39 is 58.8 Å². The molecule has 3 aromatic rings. The average Bonchev–Trinajstić information content (AvgIpc) is 3.91. The van der Waals surface area contributed by atoms with Crippen molar-refractivity contribution < 1.29 is 57.2 Å². The number of cyclic esters (lactones) is 1. The van der Waals surface area contributed by atoms with Crippen LogP contribution in [-0.4, -0.2) is 68.7 Å². The minimum Gasteiger partial charge on any atom is -0.493 e. The molecule has 4 aliphatic rings. The van der Waals surface area contributed by atoms with Gasteiger partial charge in [0.1, 0.15) is 0 Å². The fourth-order valence-corrected chi connectivity index (χ4v) is 7.84. The molecule has 2 aromatic carbocycles. The summed E-state index contributed by atoms with van der Waals surface area (Å²) < 4.78 is 45.5. The Morgan fingerprint density at radius 3 is 2.18 bits per heavy atom. The monoisotopic (exact) mass is 703 g/mol. The second kappa shape index (κ2) is 12.5. The lowest BCUT2D eigenvalue weighted by Crippen LogP contribution is -2.48. The molecule has 1 aromatic heterocycles. The van der Waals surface area contributed by atoms with Gasteiger partial charge in [-0.25, -0.2) is 4.79 Å². The molecule has 0 saturated carbocycles. The van der Waals surface area contributed by atoms with Crippen molar-refractivity contribution in [2.24, 2.45) is 11.8 Å². The molecule has 1 unspecified atom stereocenters. The minimum absolute atomic E-state index is 0.000682. The fourth-order valence-electron chi connectivity index (χ4n) is 7.84. The van der Waals surface area contributed by atoms with Crippen LogP contribution < -0.4 is 29.0 Å². The molecule has 1 fully saturated rings. The molecule has 3 aliphatic heterocycles. The number of furan rings is 1. The van der Waals surface area contributed by atoms with Gasteiger partial charge in [0.15, 0.2) is 28.8 Å². The van der Waals surface area contributed by atoms with Crippen molar-refractivity contribution in [1.29, 1.82) is 0 Å². The number of amides is 1. The molecule has 4 heterocycles. The van der Waals surface area contributed by atoms with Crippen molar-refractivity contribution in [3.63, 3.8) is 0 Å². The first-order valence-corrected chi connectivity index (χ1v) is 16.5. The van der Waals surface area contributed by atoms with Gasteiger partial charge in [-0.1, -0.05) is 0 Å². The molecular formula is C37H39N2O12. The summed E-state index contributed by atoms with van der Waals surface area (Å²) in [7, 11) is 4.53. The van der Waals surface area contributed by atoms with E-state index in [1.54, 1.807) is 58.0 Å². The molecule has 51 heavy (non-hydrogen) atoms. The number of benzene rings is 2. The standard InChI is InChI=1S/C37H39N2O12/c1-36(2)15-22(37(3,4)39(36)43)34(41)51-32(23-9-8-10-47-23)33(40)38-30-20-14-25-24(49-17-50-25)13-19(20)28(29-21(30)16-48-35(29)42)18-11-26(44-5)31(46-7)27(12-18)45-6/h8-15,21,28-30,32H,16-17H2,1-7H3,(H,38,40)/t21-,28+,29-,30+,32?/m0/s1. The predicted octanol–water partition coefficient (Wildman–Crippen LogP) is 4.56. The zero-order chi connectivity index (χ0) is 36.4. The first-order chi connectivity index (χ1) is 24.3. The molecule has 0 bridgehead atoms. The topological polar surface area (TPSA) is 164 Å². The molecule has 5 atom stereocenters. The second-order valence-electron chi connectivity index (χ2n) is 13.9. The van der Waals surface area contributed by atoms with E-state index >= 15 is 0 Å². The van der Waals surface area contributed by atoms with E-state index in [-0.39, 0.29) is 24.7 Å². The number of esters is 2. The summed E-state index contributed by atoms with van der Waals surface area (Å²) in [5.41, 5.74) is -0.0538. The van der Waals surface area contributed by atoms with Crippen molar-refractivity contribution in [2.45, 2.75) is 56.8 Å². The number of nitrogens with one attached hydrogen (secondary N) is 1. The largest absolute Gasteiger partial charge is 0.493 e. The molecule has 14 heteroatoms. The van der Waals surface area contributed by atoms with Crippen LogP contribution in [0.1, 0.15) is 68.2 Å². The molecule has 1 N–H and O–H groups in total. The lowest BCUT2D eigenvalue weighted by atomic mass is 9.65. The number of nitrogens with zero attached hydrogens (tertiary/aromatic N) is 1. The van der Waals surface area contributed by atoms with Gasteiger partial charge in [-0.2, -0.15) is 0 Å². The average molecular weight is 704 g/mol. The third kappa shape index (κ3) is 5.53. The Morgan fingerprint density at radius 2 is 1.61 bits per heavy atom. The van der Waals surface area contributed by atoms with Gasteiger partial charge in [-0.15, -0.1) is 10.3 Å². The lowest BCUT2D eigenvalue weighted by Gasteiger charge is -2.40. The van der Waals surface area contributed by atoms with E-state index in [1.165, 1.54) is 33.7 Å². The maximum absolute atomic E-state index is 14.3. The van der Waals surface area contributed by atoms with Gasteiger partial charge >= 0.3 is 11.9 Å². The van der Waals surface area contributed by atoms with Crippen molar-refractivity contribution in [3.05, 3.63) is 76.8 Å². The van der Waals surface area contributed by atoms with Crippen LogP contribution in [0.3, 0.4) is 0 Å². The number of carbonyl (C=O) groups excluding carboxylic acids is 3. The molecular weight excluding hydrogens is 664 g/mol. The number of ether oxygens (including phenoxy) is 7. The predicted molar refractivity (Wildman–Crippen MR) is 176 cm³/mol. The first kappa shape index (κ1) is 34.2. The van der Waals surface area contributed by atoms with Crippen molar-refractivity contribution in [3.8, 4) is 28.7 Å². The van der Waals surface area contributed by atoms with Gasteiger partial charge < -0.3 is 42.9 Å². The van der Waals surface area contributed by atoms with Gasteiger partial charge in [0.2, 0.25) is 18.6 Å². The van der Waals surface area contributed by atoms with Crippen LogP contribution in [0.2, 0.25) is 0 Å². The number of rotatable bonds is 9. The zero-order valence-electron chi connectivity index (χ0n) is 29.3. The molecule has 1 saturated heterocycles. The normalized spacial score (nSPS) is 24.5. The van der Waals surface area contributed by atoms with Gasteiger partial charge in [0.05, 0.1) is 62.8 Å². The number of hydroxylamine groups is 2. The second-order valence-corrected chi connectivity index (χ2v) is 13.9. The Labute approximate surface area is 294 Å². The molecule has 269 valence electrons. The first-order valence-electron chi connectivity index (χ1n) is 16.5. The highest BCUT2D eigenvalue weighted by atomic mass is 16.7. The SMILES string of the molecule is COc1cc([C@@H]2c3cc4c(cc3[C@@H](NC(=O)C(OC(=O)C3=CC(C)(C)N([O])C3(C)C)c3ccco3)[C@H]3COC(=O)[C@H]23)OCO4)cc(OC)c1OC. The summed E-state index contributed by atoms with van der Waals surface area (Å²) in [5, 5.41) is 16.9. The summed E-state index contributed by atoms with van der Waals surface area (Å²) in [4.78, 5) is 41.7. The van der Waals surface area contributed by atoms with Crippen molar-refractivity contribution >= 4 is 17.8 Å². The maximum Gasteiger partial charge on any atom is 0.336 e. The summed E-state index contributed by atoms with van der Waals surface area (Å²) in [6.45, 7) is 6.63. The van der Waals surface area contributed by atoms with Crippen molar-refractivity contribution in [2.75, 3.05) is 34.7 Å². The molecule has 7 rings (SSSR count). The minimum atomic E-state index is -1.53. The Balaban J connectivity index is 1.29. The Bertz CT molecular complexity index is 1890. The number of hydrogen-bond donors (Lipinski definition) is 1. The molecule has 1 radical (unpaired) electrons. The summed E-state index contributed by atoms with van der Waals surface area (Å²) in [5.74, 6) is -1.67. The lowest BCUT2D eigenvalue weighted by molar-refractivity contribution is -0.239. The highest BCUT2D eigenvalue weighted by Crippen LogP contribution is 2.56. The zero-order valence-corrected chi connectivity index (χ0v) is 29.3. The maximum atomic E-state index is 14.3. The van der Waals surface area contributed by atoms with Gasteiger partial charge in [-0.05, 0) is 86.9 Å². The summed E-state index contributed by atoms with van der Waals surface area (Å²) in [6, 6.07) is 9.47. The van der Waals surface area contributed by atoms with E-state index in [4.69, 9.17) is 37.6 Å². The van der Waals surface area contributed by atoms with E-state index in [9.17, 15) is 19.6 Å². The van der Waals surface area contributed by atoms with Gasteiger partial charge in [-0.3, -0.25) is 9.59 Å². The Kier molecular flexibility index (Phi) is 8.41. The van der Waals surface area contributed by atoms with Crippen LogP contribution in [0.5, 0.6) is 28.7 Å². The Morgan fingerprint density at radius 1 is 0.941 bits per heavy atom. The fraction of sp³-hybridized carbons (Fsp3) is 0.432. The van der Waals surface area contributed by atoms with Crippen LogP contribution in [-0.2, 0) is 29.1 Å². The number of fused-ring (bicyclic) bond motifs is 3. The van der Waals surface area contributed by atoms with Gasteiger partial charge in [0, 0.05) is 11.8 Å². The van der Waals surface area contributed by atoms with E-state index in [0.29, 0.717) is 45.4 Å². The van der Waals surface area contributed by atoms with Gasteiger partial charge in [0.25, 0.3) is 5.91 Å². The third-order valence-corrected chi connectivity index (χ3v) is 10.2. The van der Waals surface area contributed by atoms with E-state index in [1.807, 2.05) is 6.07 Å². The van der Waals surface area contributed by atoms with Crippen LogP contribution >= 0.6 is 0 Å². The molecule has 14 nitrogen and oxygen atoms in total. The van der Waals surface area contributed by atoms with Crippen LogP contribution in [0.25, 0.3) is 0 Å². The van der Waals surface area contributed by atoms with Crippen molar-refractivity contribution in [1.82, 2.24) is 10.4 Å². The summed E-state index contributed by atoms with van der Waals surface area (Å²) >= 11 is 0. The quantitative estimate of drug-likeness (QED) is 0.310. The van der Waals surface area contributed by atoms with Crippen LogP contribution in [0.15, 0.2) is 58.7 Å². The molecule has 0 spiro atoms. The van der Waals surface area contributed by atoms with E-state index in [2.05, 4.69) is 5.32 Å². The number of carbonyl (C=O) groups is 3. The Hall–Kier alpha value is -5.21. The molecule has 1 amide bonds. The highest BCUT2D eigenvalue weighted by Gasteiger charge is 2.54. The summed E-state index contributed by atoms with van der Waals surface area (Å²) in [6.07, 6.45) is 1.38. The van der Waals surface area contributed by atoms with Crippen LogP contribution in [0, 0.1) is 11.8 Å². The number of hydrogen-bond acceptors (Lipinski definition) is 12. The smallest absolute Gasteiger partial charge is 0.336 e. The number of methoxy groups -OCH3 is 3. The van der Waals surface area contributed by atoms with Crippen LogP contribution in [0.4, 0.5) is 0 Å². The third-order valence-electron chi connectivity index (χ3n) is 10.2. The molecule has 1 aliphatic carbocycles.